The summed E-state index contributed by atoms with van der Waals surface area (Å²) in [6.07, 6.45) is 7.66. The number of benzene rings is 2. The summed E-state index contributed by atoms with van der Waals surface area (Å²) in [4.78, 5) is 13.0. The monoisotopic (exact) mass is 508 g/mol. The smallest absolute Gasteiger partial charge is 0.257 e. The third-order valence-electron chi connectivity index (χ3n) is 7.85. The summed E-state index contributed by atoms with van der Waals surface area (Å²) >= 11 is 1.48. The van der Waals surface area contributed by atoms with Crippen LogP contribution in [0.3, 0.4) is 0 Å². The van der Waals surface area contributed by atoms with Crippen LogP contribution in [-0.2, 0) is 22.0 Å². The van der Waals surface area contributed by atoms with Gasteiger partial charge in [-0.15, -0.1) is 10.2 Å². The normalized spacial score (nSPS) is 27.1. The molecule has 0 atom stereocenters. The highest BCUT2D eigenvalue weighted by molar-refractivity contribution is 7.89. The number of hydrogen-bond donors (Lipinski definition) is 2. The molecule has 4 saturated carbocycles. The molecule has 182 valence electrons. The van der Waals surface area contributed by atoms with E-state index in [1.54, 1.807) is 12.1 Å². The SMILES string of the molecule is O=C(Nc1nnc(C23CC4CC(CC(C4)C2)C3)s1)c1cccc(S(=O)(=O)NCc2ccccc2)c1. The minimum absolute atomic E-state index is 0.0487. The van der Waals surface area contributed by atoms with E-state index in [9.17, 15) is 13.2 Å². The quantitative estimate of drug-likeness (QED) is 0.480. The van der Waals surface area contributed by atoms with Crippen LogP contribution < -0.4 is 10.0 Å². The standard InChI is InChI=1S/C26H28N4O3S2/c31-23(21-7-4-8-22(12-21)35(32,33)27-16-17-5-2-1-3-6-17)28-25-30-29-24(34-25)26-13-18-9-19(14-26)11-20(10-18)15-26/h1-8,12,18-20,27H,9-11,13-16H2,(H,28,30,31). The minimum atomic E-state index is -3.76. The van der Waals surface area contributed by atoms with E-state index in [-0.39, 0.29) is 22.4 Å². The fraction of sp³-hybridized carbons (Fsp3) is 0.423. The Hall–Kier alpha value is -2.62. The maximum atomic E-state index is 12.9. The fourth-order valence-electron chi connectivity index (χ4n) is 6.69. The van der Waals surface area contributed by atoms with Crippen molar-refractivity contribution in [3.05, 3.63) is 70.7 Å². The summed E-state index contributed by atoms with van der Waals surface area (Å²) in [7, 11) is -3.76. The van der Waals surface area contributed by atoms with Gasteiger partial charge in [-0.25, -0.2) is 13.1 Å². The molecule has 0 unspecified atom stereocenters. The highest BCUT2D eigenvalue weighted by atomic mass is 32.2. The molecule has 3 aromatic rings. The second-order valence-corrected chi connectivity index (χ2v) is 13.1. The molecule has 0 radical (unpaired) electrons. The number of nitrogens with zero attached hydrogens (tertiary/aromatic N) is 2. The van der Waals surface area contributed by atoms with E-state index in [4.69, 9.17) is 0 Å². The Kier molecular flexibility index (Phi) is 5.74. The number of sulfonamides is 1. The van der Waals surface area contributed by atoms with E-state index in [2.05, 4.69) is 20.2 Å². The van der Waals surface area contributed by atoms with Gasteiger partial charge in [-0.1, -0.05) is 47.7 Å². The summed E-state index contributed by atoms with van der Waals surface area (Å²) in [5.74, 6) is 2.04. The molecule has 0 saturated heterocycles. The molecule has 1 heterocycles. The zero-order valence-corrected chi connectivity index (χ0v) is 20.9. The second-order valence-electron chi connectivity index (χ2n) is 10.4. The van der Waals surface area contributed by atoms with Gasteiger partial charge in [0, 0.05) is 17.5 Å². The molecule has 0 aliphatic heterocycles. The van der Waals surface area contributed by atoms with E-state index in [0.717, 1.165) is 28.3 Å². The predicted molar refractivity (Wildman–Crippen MR) is 135 cm³/mol. The zero-order chi connectivity index (χ0) is 24.0. The largest absolute Gasteiger partial charge is 0.296 e. The lowest BCUT2D eigenvalue weighted by atomic mass is 9.50. The number of carbonyl (C=O) groups excluding carboxylic acids is 1. The number of hydrogen-bond acceptors (Lipinski definition) is 6. The molecule has 7 rings (SSSR count). The van der Waals surface area contributed by atoms with E-state index < -0.39 is 15.9 Å². The lowest BCUT2D eigenvalue weighted by Gasteiger charge is -2.55. The van der Waals surface area contributed by atoms with E-state index in [1.807, 2.05) is 30.3 Å². The van der Waals surface area contributed by atoms with Gasteiger partial charge in [0.1, 0.15) is 5.01 Å². The van der Waals surface area contributed by atoms with E-state index in [0.29, 0.717) is 5.13 Å². The maximum Gasteiger partial charge on any atom is 0.257 e. The average Bonchev–Trinajstić information content (AvgIpc) is 3.32. The van der Waals surface area contributed by atoms with Crippen molar-refractivity contribution in [2.24, 2.45) is 17.8 Å². The molecule has 4 fully saturated rings. The van der Waals surface area contributed by atoms with Crippen LogP contribution in [-0.4, -0.2) is 24.5 Å². The molecule has 1 aromatic heterocycles. The predicted octanol–water partition coefficient (Wildman–Crippen LogP) is 4.74. The molecule has 9 heteroatoms. The van der Waals surface area contributed by atoms with Crippen LogP contribution in [0, 0.1) is 17.8 Å². The fourth-order valence-corrected chi connectivity index (χ4v) is 8.71. The number of aromatic nitrogens is 2. The Morgan fingerprint density at radius 3 is 2.31 bits per heavy atom. The zero-order valence-electron chi connectivity index (χ0n) is 19.3. The van der Waals surface area contributed by atoms with Crippen molar-refractivity contribution in [2.45, 2.75) is 55.4 Å². The average molecular weight is 509 g/mol. The third kappa shape index (κ3) is 4.52. The van der Waals surface area contributed by atoms with Gasteiger partial charge >= 0.3 is 0 Å². The van der Waals surface area contributed by atoms with Crippen LogP contribution in [0.25, 0.3) is 0 Å². The Labute approximate surface area is 209 Å². The number of rotatable bonds is 7. The number of nitrogens with one attached hydrogen (secondary N) is 2. The molecule has 4 bridgehead atoms. The molecular weight excluding hydrogens is 480 g/mol. The van der Waals surface area contributed by atoms with E-state index >= 15 is 0 Å². The van der Waals surface area contributed by atoms with Gasteiger partial charge in [0.05, 0.1) is 4.90 Å². The minimum Gasteiger partial charge on any atom is -0.296 e. The summed E-state index contributed by atoms with van der Waals surface area (Å²) in [6.45, 7) is 0.178. The van der Waals surface area contributed by atoms with Crippen LogP contribution in [0.2, 0.25) is 0 Å². The highest BCUT2D eigenvalue weighted by Gasteiger charge is 2.53. The van der Waals surface area contributed by atoms with Crippen LogP contribution in [0.5, 0.6) is 0 Å². The van der Waals surface area contributed by atoms with Gasteiger partial charge in [0.25, 0.3) is 5.91 Å². The van der Waals surface area contributed by atoms with Gasteiger partial charge in [-0.2, -0.15) is 0 Å². The van der Waals surface area contributed by atoms with Gasteiger partial charge in [0.15, 0.2) is 0 Å². The molecule has 1 amide bonds. The first-order chi connectivity index (χ1) is 16.9. The molecule has 2 aromatic carbocycles. The van der Waals surface area contributed by atoms with Crippen LogP contribution in [0.15, 0.2) is 59.5 Å². The van der Waals surface area contributed by atoms with Crippen molar-refractivity contribution < 1.29 is 13.2 Å². The highest BCUT2D eigenvalue weighted by Crippen LogP contribution is 2.61. The molecule has 0 spiro atoms. The van der Waals surface area contributed by atoms with Crippen molar-refractivity contribution in [3.63, 3.8) is 0 Å². The van der Waals surface area contributed by atoms with Crippen molar-refractivity contribution >= 4 is 32.4 Å². The number of carbonyl (C=O) groups is 1. The Morgan fingerprint density at radius 1 is 0.943 bits per heavy atom. The topological polar surface area (TPSA) is 101 Å². The molecule has 7 nitrogen and oxygen atoms in total. The molecule has 4 aliphatic rings. The Morgan fingerprint density at radius 2 is 1.63 bits per heavy atom. The van der Waals surface area contributed by atoms with Crippen LogP contribution in [0.1, 0.15) is 59.5 Å². The molecular formula is C26H28N4O3S2. The third-order valence-corrected chi connectivity index (χ3v) is 10.3. The van der Waals surface area contributed by atoms with Crippen molar-refractivity contribution in [1.29, 1.82) is 0 Å². The van der Waals surface area contributed by atoms with Crippen molar-refractivity contribution in [2.75, 3.05) is 5.32 Å². The summed E-state index contributed by atoms with van der Waals surface area (Å²) < 4.78 is 28.2. The van der Waals surface area contributed by atoms with Crippen LogP contribution >= 0.6 is 11.3 Å². The molecule has 35 heavy (non-hydrogen) atoms. The van der Waals surface area contributed by atoms with Gasteiger partial charge < -0.3 is 0 Å². The van der Waals surface area contributed by atoms with Crippen LogP contribution in [0.4, 0.5) is 5.13 Å². The first-order valence-corrected chi connectivity index (χ1v) is 14.5. The second kappa shape index (κ2) is 8.80. The number of amides is 1. The summed E-state index contributed by atoms with van der Waals surface area (Å²) in [5, 5.41) is 13.1. The van der Waals surface area contributed by atoms with Gasteiger partial charge in [-0.3, -0.25) is 10.1 Å². The summed E-state index contributed by atoms with van der Waals surface area (Å²) in [6, 6.07) is 15.4. The van der Waals surface area contributed by atoms with Crippen molar-refractivity contribution in [1.82, 2.24) is 14.9 Å². The number of anilines is 1. The lowest BCUT2D eigenvalue weighted by Crippen LogP contribution is -2.48. The molecule has 2 N–H and O–H groups in total. The maximum absolute atomic E-state index is 12.9. The van der Waals surface area contributed by atoms with Gasteiger partial charge in [-0.05, 0) is 80.0 Å². The Balaban J connectivity index is 1.15. The molecule has 4 aliphatic carbocycles. The van der Waals surface area contributed by atoms with E-state index in [1.165, 1.54) is 62.0 Å². The summed E-state index contributed by atoms with van der Waals surface area (Å²) in [5.41, 5.74) is 1.25. The lowest BCUT2D eigenvalue weighted by molar-refractivity contribution is -0.00555. The first-order valence-electron chi connectivity index (χ1n) is 12.2. The van der Waals surface area contributed by atoms with Crippen molar-refractivity contribution in [3.8, 4) is 0 Å². The Bertz CT molecular complexity index is 1320. The van der Waals surface area contributed by atoms with Gasteiger partial charge in [0.2, 0.25) is 15.2 Å². The first kappa shape index (κ1) is 22.8.